The van der Waals surface area contributed by atoms with Crippen molar-refractivity contribution in [1.29, 1.82) is 0 Å². The standard InChI is InChI=1S/C14H20ClNO2/c1-4-14(3,7-8-17)16-13(18)12-6-5-11(15)9-10(12)2/h5-6,9,17H,4,7-8H2,1-3H3,(H,16,18). The van der Waals surface area contributed by atoms with Gasteiger partial charge in [-0.25, -0.2) is 0 Å². The average Bonchev–Trinajstić information content (AvgIpc) is 2.28. The highest BCUT2D eigenvalue weighted by atomic mass is 35.5. The van der Waals surface area contributed by atoms with Gasteiger partial charge in [-0.1, -0.05) is 18.5 Å². The molecule has 4 heteroatoms. The highest BCUT2D eigenvalue weighted by molar-refractivity contribution is 6.30. The molecule has 0 spiro atoms. The largest absolute Gasteiger partial charge is 0.396 e. The first-order valence-corrected chi connectivity index (χ1v) is 6.49. The summed E-state index contributed by atoms with van der Waals surface area (Å²) < 4.78 is 0. The lowest BCUT2D eigenvalue weighted by atomic mass is 9.94. The molecule has 0 saturated carbocycles. The van der Waals surface area contributed by atoms with E-state index in [-0.39, 0.29) is 18.1 Å². The minimum absolute atomic E-state index is 0.0597. The summed E-state index contributed by atoms with van der Waals surface area (Å²) in [5, 5.41) is 12.6. The molecule has 0 aliphatic carbocycles. The molecule has 2 N–H and O–H groups in total. The van der Waals surface area contributed by atoms with Crippen LogP contribution in [0.5, 0.6) is 0 Å². The van der Waals surface area contributed by atoms with Crippen LogP contribution in [0.2, 0.25) is 5.02 Å². The van der Waals surface area contributed by atoms with E-state index in [1.807, 2.05) is 20.8 Å². The lowest BCUT2D eigenvalue weighted by Crippen LogP contribution is -2.46. The van der Waals surface area contributed by atoms with Crippen molar-refractivity contribution in [3.05, 3.63) is 34.3 Å². The van der Waals surface area contributed by atoms with Gasteiger partial charge in [0.25, 0.3) is 5.91 Å². The van der Waals surface area contributed by atoms with Crippen LogP contribution in [-0.4, -0.2) is 23.2 Å². The summed E-state index contributed by atoms with van der Waals surface area (Å²) in [4.78, 5) is 12.2. The van der Waals surface area contributed by atoms with E-state index in [9.17, 15) is 4.79 Å². The Morgan fingerprint density at radius 1 is 1.50 bits per heavy atom. The van der Waals surface area contributed by atoms with Gasteiger partial charge in [0.05, 0.1) is 0 Å². The Kier molecular flexibility index (Phi) is 5.17. The maximum atomic E-state index is 12.2. The van der Waals surface area contributed by atoms with Gasteiger partial charge in [0.1, 0.15) is 0 Å². The van der Waals surface area contributed by atoms with Gasteiger partial charge < -0.3 is 10.4 Å². The number of halogens is 1. The molecule has 0 bridgehead atoms. The Morgan fingerprint density at radius 2 is 2.17 bits per heavy atom. The van der Waals surface area contributed by atoms with Crippen molar-refractivity contribution in [2.45, 2.75) is 39.2 Å². The van der Waals surface area contributed by atoms with E-state index in [4.69, 9.17) is 16.7 Å². The van der Waals surface area contributed by atoms with Gasteiger partial charge >= 0.3 is 0 Å². The van der Waals surface area contributed by atoms with Crippen LogP contribution in [-0.2, 0) is 0 Å². The number of amides is 1. The first-order chi connectivity index (χ1) is 8.41. The molecule has 0 radical (unpaired) electrons. The molecule has 0 aromatic heterocycles. The predicted molar refractivity (Wildman–Crippen MR) is 74.1 cm³/mol. The van der Waals surface area contributed by atoms with E-state index < -0.39 is 0 Å². The number of rotatable bonds is 5. The minimum atomic E-state index is -0.377. The van der Waals surface area contributed by atoms with Crippen LogP contribution in [0.3, 0.4) is 0 Å². The molecule has 0 aliphatic heterocycles. The van der Waals surface area contributed by atoms with Crippen LogP contribution in [0, 0.1) is 6.92 Å². The molecule has 18 heavy (non-hydrogen) atoms. The second-order valence-corrected chi connectivity index (χ2v) is 5.24. The molecule has 0 aliphatic rings. The molecule has 0 saturated heterocycles. The number of hydrogen-bond donors (Lipinski definition) is 2. The van der Waals surface area contributed by atoms with Crippen LogP contribution in [0.15, 0.2) is 18.2 Å². The van der Waals surface area contributed by atoms with E-state index in [0.717, 1.165) is 12.0 Å². The van der Waals surface area contributed by atoms with Crippen LogP contribution in [0.25, 0.3) is 0 Å². The van der Waals surface area contributed by atoms with Gasteiger partial charge in [0.2, 0.25) is 0 Å². The Labute approximate surface area is 113 Å². The Hall–Kier alpha value is -1.06. The fraction of sp³-hybridized carbons (Fsp3) is 0.500. The zero-order chi connectivity index (χ0) is 13.8. The van der Waals surface area contributed by atoms with Gasteiger partial charge in [-0.3, -0.25) is 4.79 Å². The van der Waals surface area contributed by atoms with E-state index in [0.29, 0.717) is 17.0 Å². The number of carbonyl (C=O) groups excluding carboxylic acids is 1. The van der Waals surface area contributed by atoms with Crippen LogP contribution < -0.4 is 5.32 Å². The third-order valence-corrected chi connectivity index (χ3v) is 3.53. The number of aliphatic hydroxyl groups excluding tert-OH is 1. The highest BCUT2D eigenvalue weighted by Gasteiger charge is 2.24. The van der Waals surface area contributed by atoms with Gasteiger partial charge in [-0.2, -0.15) is 0 Å². The van der Waals surface area contributed by atoms with Crippen LogP contribution in [0.1, 0.15) is 42.6 Å². The fourth-order valence-corrected chi connectivity index (χ4v) is 2.02. The molecule has 0 heterocycles. The summed E-state index contributed by atoms with van der Waals surface area (Å²) in [6, 6.07) is 5.20. The zero-order valence-corrected chi connectivity index (χ0v) is 11.8. The van der Waals surface area contributed by atoms with Gasteiger partial charge in [-0.05, 0) is 50.5 Å². The molecule has 100 valence electrons. The summed E-state index contributed by atoms with van der Waals surface area (Å²) in [6.07, 6.45) is 1.31. The number of benzene rings is 1. The first-order valence-electron chi connectivity index (χ1n) is 6.11. The van der Waals surface area contributed by atoms with Crippen LogP contribution in [0.4, 0.5) is 0 Å². The van der Waals surface area contributed by atoms with Gasteiger partial charge in [0, 0.05) is 22.7 Å². The quantitative estimate of drug-likeness (QED) is 0.863. The summed E-state index contributed by atoms with van der Waals surface area (Å²) in [5.41, 5.74) is 1.09. The maximum Gasteiger partial charge on any atom is 0.251 e. The Morgan fingerprint density at radius 3 is 2.67 bits per heavy atom. The lowest BCUT2D eigenvalue weighted by Gasteiger charge is -2.29. The highest BCUT2D eigenvalue weighted by Crippen LogP contribution is 2.18. The summed E-state index contributed by atoms with van der Waals surface area (Å²) in [6.45, 7) is 5.84. The number of nitrogens with one attached hydrogen (secondary N) is 1. The molecule has 1 aromatic carbocycles. The van der Waals surface area contributed by atoms with E-state index in [1.165, 1.54) is 0 Å². The third-order valence-electron chi connectivity index (χ3n) is 3.29. The molecule has 1 unspecified atom stereocenters. The summed E-state index contributed by atoms with van der Waals surface area (Å²) in [7, 11) is 0. The summed E-state index contributed by atoms with van der Waals surface area (Å²) >= 11 is 5.87. The topological polar surface area (TPSA) is 49.3 Å². The maximum absolute atomic E-state index is 12.2. The number of hydrogen-bond acceptors (Lipinski definition) is 2. The second kappa shape index (κ2) is 6.21. The normalized spacial score (nSPS) is 14.1. The SMILES string of the molecule is CCC(C)(CCO)NC(=O)c1ccc(Cl)cc1C. The van der Waals surface area contributed by atoms with Crippen LogP contribution >= 0.6 is 11.6 Å². The van der Waals surface area contributed by atoms with Crippen molar-refractivity contribution in [2.75, 3.05) is 6.61 Å². The second-order valence-electron chi connectivity index (χ2n) is 4.80. The molecule has 1 rings (SSSR count). The average molecular weight is 270 g/mol. The van der Waals surface area contributed by atoms with Crippen molar-refractivity contribution in [2.24, 2.45) is 0 Å². The van der Waals surface area contributed by atoms with E-state index >= 15 is 0 Å². The monoisotopic (exact) mass is 269 g/mol. The number of aliphatic hydroxyl groups is 1. The number of aryl methyl sites for hydroxylation is 1. The summed E-state index contributed by atoms with van der Waals surface area (Å²) in [5.74, 6) is -0.123. The Bertz CT molecular complexity index is 434. The molecular formula is C14H20ClNO2. The van der Waals surface area contributed by atoms with E-state index in [1.54, 1.807) is 18.2 Å². The Balaban J connectivity index is 2.87. The van der Waals surface area contributed by atoms with Crippen molar-refractivity contribution < 1.29 is 9.90 Å². The van der Waals surface area contributed by atoms with Gasteiger partial charge in [-0.15, -0.1) is 0 Å². The molecule has 1 amide bonds. The minimum Gasteiger partial charge on any atom is -0.396 e. The van der Waals surface area contributed by atoms with Gasteiger partial charge in [0.15, 0.2) is 0 Å². The van der Waals surface area contributed by atoms with E-state index in [2.05, 4.69) is 5.32 Å². The third kappa shape index (κ3) is 3.72. The zero-order valence-electron chi connectivity index (χ0n) is 11.1. The molecule has 1 atom stereocenters. The molecule has 0 fully saturated rings. The lowest BCUT2D eigenvalue weighted by molar-refractivity contribution is 0.0885. The van der Waals surface area contributed by atoms with Crippen molar-refractivity contribution in [3.63, 3.8) is 0 Å². The van der Waals surface area contributed by atoms with Crippen molar-refractivity contribution >= 4 is 17.5 Å². The molecule has 3 nitrogen and oxygen atoms in total. The fourth-order valence-electron chi connectivity index (χ4n) is 1.80. The molecular weight excluding hydrogens is 250 g/mol. The first kappa shape index (κ1) is 15.0. The molecule has 1 aromatic rings. The van der Waals surface area contributed by atoms with Crippen molar-refractivity contribution in [1.82, 2.24) is 5.32 Å². The smallest absolute Gasteiger partial charge is 0.251 e. The van der Waals surface area contributed by atoms with Crippen molar-refractivity contribution in [3.8, 4) is 0 Å². The number of carbonyl (C=O) groups is 1. The predicted octanol–water partition coefficient (Wildman–Crippen LogP) is 2.93.